The van der Waals surface area contributed by atoms with Crippen LogP contribution in [0.15, 0.2) is 42.7 Å². The van der Waals surface area contributed by atoms with Crippen molar-refractivity contribution in [3.05, 3.63) is 57.9 Å². The molecule has 0 spiro atoms. The maximum absolute atomic E-state index is 13.4. The van der Waals surface area contributed by atoms with Crippen molar-refractivity contribution in [1.29, 1.82) is 0 Å². The Morgan fingerprint density at radius 3 is 2.86 bits per heavy atom. The molecular weight excluding hydrogens is 472 g/mol. The van der Waals surface area contributed by atoms with Crippen LogP contribution in [-0.2, 0) is 17.9 Å². The number of pyridine rings is 2. The molecule has 6 nitrogen and oxygen atoms in total. The fourth-order valence-corrected chi connectivity index (χ4v) is 4.32. The maximum atomic E-state index is 13.4. The number of ether oxygens (including phenoxy) is 1. The zero-order valence-corrected chi connectivity index (χ0v) is 17.5. The standard InChI is InChI=1S/C20H17FIN5O/c1-20(2)11-26-16(10-28-20)18(19(25-26)15-4-3-13(21)9-23-15)12-7-14-5-6-24-27(14)17(22)8-12/h3-9H,10-11H2,1-2H3. The van der Waals surface area contributed by atoms with Crippen LogP contribution in [0.25, 0.3) is 28.0 Å². The van der Waals surface area contributed by atoms with Gasteiger partial charge in [0.25, 0.3) is 0 Å². The Balaban J connectivity index is 1.77. The van der Waals surface area contributed by atoms with Crippen LogP contribution in [0.1, 0.15) is 19.5 Å². The minimum atomic E-state index is -0.367. The number of hydrogen-bond donors (Lipinski definition) is 0. The molecule has 0 atom stereocenters. The number of aromatic nitrogens is 5. The van der Waals surface area contributed by atoms with Crippen molar-refractivity contribution >= 4 is 28.1 Å². The van der Waals surface area contributed by atoms with Gasteiger partial charge in [0.05, 0.1) is 48.1 Å². The number of rotatable bonds is 2. The van der Waals surface area contributed by atoms with Crippen LogP contribution in [0.5, 0.6) is 0 Å². The van der Waals surface area contributed by atoms with Crippen molar-refractivity contribution in [2.45, 2.75) is 32.6 Å². The highest BCUT2D eigenvalue weighted by Crippen LogP contribution is 2.38. The lowest BCUT2D eigenvalue weighted by molar-refractivity contribution is -0.0657. The molecule has 0 unspecified atom stereocenters. The Morgan fingerprint density at radius 1 is 1.21 bits per heavy atom. The molecule has 0 amide bonds. The van der Waals surface area contributed by atoms with E-state index in [2.05, 4.69) is 44.8 Å². The SMILES string of the molecule is CC1(C)Cn2nc(-c3ccc(F)cn3)c(-c3cc(I)n4nccc4c3)c2CO1. The van der Waals surface area contributed by atoms with E-state index in [1.807, 2.05) is 29.1 Å². The van der Waals surface area contributed by atoms with Gasteiger partial charge in [-0.3, -0.25) is 9.67 Å². The van der Waals surface area contributed by atoms with Crippen molar-refractivity contribution in [1.82, 2.24) is 24.4 Å². The van der Waals surface area contributed by atoms with Crippen LogP contribution in [0.4, 0.5) is 4.39 Å². The fraction of sp³-hybridized carbons (Fsp3) is 0.250. The molecule has 4 aromatic rings. The minimum Gasteiger partial charge on any atom is -0.367 e. The molecule has 0 fully saturated rings. The summed E-state index contributed by atoms with van der Waals surface area (Å²) in [6.07, 6.45) is 3.00. The third-order valence-corrected chi connectivity index (χ3v) is 5.67. The van der Waals surface area contributed by atoms with Crippen LogP contribution >= 0.6 is 22.6 Å². The van der Waals surface area contributed by atoms with E-state index in [1.54, 1.807) is 12.3 Å². The van der Waals surface area contributed by atoms with Gasteiger partial charge in [0.2, 0.25) is 0 Å². The van der Waals surface area contributed by atoms with Crippen LogP contribution in [0.3, 0.4) is 0 Å². The number of fused-ring (bicyclic) bond motifs is 2. The highest BCUT2D eigenvalue weighted by atomic mass is 127. The molecule has 0 radical (unpaired) electrons. The van der Waals surface area contributed by atoms with Crippen molar-refractivity contribution in [3.8, 4) is 22.5 Å². The van der Waals surface area contributed by atoms with E-state index in [-0.39, 0.29) is 11.4 Å². The third kappa shape index (κ3) is 2.91. The molecular formula is C20H17FIN5O. The Labute approximate surface area is 174 Å². The third-order valence-electron chi connectivity index (χ3n) is 4.90. The van der Waals surface area contributed by atoms with Gasteiger partial charge in [0.1, 0.15) is 15.2 Å². The Kier molecular flexibility index (Phi) is 4.02. The second-order valence-electron chi connectivity index (χ2n) is 7.47. The number of nitrogens with zero attached hydrogens (tertiary/aromatic N) is 5. The predicted molar refractivity (Wildman–Crippen MR) is 111 cm³/mol. The summed E-state index contributed by atoms with van der Waals surface area (Å²) in [6, 6.07) is 9.21. The Bertz CT molecular complexity index is 1200. The average Bonchev–Trinajstić information content (AvgIpc) is 3.25. The number of hydrogen-bond acceptors (Lipinski definition) is 4. The van der Waals surface area contributed by atoms with Gasteiger partial charge >= 0.3 is 0 Å². The highest BCUT2D eigenvalue weighted by molar-refractivity contribution is 14.1. The highest BCUT2D eigenvalue weighted by Gasteiger charge is 2.31. The summed E-state index contributed by atoms with van der Waals surface area (Å²) in [7, 11) is 0. The molecule has 4 aromatic heterocycles. The smallest absolute Gasteiger partial charge is 0.141 e. The first-order chi connectivity index (χ1) is 13.4. The molecule has 0 N–H and O–H groups in total. The minimum absolute atomic E-state index is 0.298. The van der Waals surface area contributed by atoms with E-state index in [0.717, 1.165) is 31.7 Å². The monoisotopic (exact) mass is 489 g/mol. The van der Waals surface area contributed by atoms with Gasteiger partial charge in [-0.05, 0) is 72.3 Å². The van der Waals surface area contributed by atoms with Crippen LogP contribution in [0.2, 0.25) is 0 Å². The fourth-order valence-electron chi connectivity index (χ4n) is 3.58. The summed E-state index contributed by atoms with van der Waals surface area (Å²) in [5.74, 6) is -0.367. The molecule has 8 heteroatoms. The first-order valence-corrected chi connectivity index (χ1v) is 9.98. The molecule has 5 heterocycles. The zero-order valence-electron chi connectivity index (χ0n) is 15.4. The van der Waals surface area contributed by atoms with E-state index in [0.29, 0.717) is 18.8 Å². The first-order valence-electron chi connectivity index (χ1n) is 8.90. The molecule has 1 aliphatic rings. The molecule has 0 bridgehead atoms. The van der Waals surface area contributed by atoms with E-state index >= 15 is 0 Å². The second kappa shape index (κ2) is 6.35. The molecule has 0 saturated heterocycles. The summed E-state index contributed by atoms with van der Waals surface area (Å²) >= 11 is 2.27. The van der Waals surface area contributed by atoms with Crippen molar-refractivity contribution in [2.24, 2.45) is 0 Å². The van der Waals surface area contributed by atoms with Gasteiger partial charge in [0, 0.05) is 5.56 Å². The summed E-state index contributed by atoms with van der Waals surface area (Å²) in [6.45, 7) is 5.20. The van der Waals surface area contributed by atoms with Crippen LogP contribution in [-0.4, -0.2) is 30.0 Å². The van der Waals surface area contributed by atoms with Crippen LogP contribution < -0.4 is 0 Å². The lowest BCUT2D eigenvalue weighted by Gasteiger charge is -2.31. The van der Waals surface area contributed by atoms with E-state index in [1.165, 1.54) is 12.3 Å². The predicted octanol–water partition coefficient (Wildman–Crippen LogP) is 4.31. The first kappa shape index (κ1) is 17.7. The molecule has 142 valence electrons. The average molecular weight is 489 g/mol. The Hall–Kier alpha value is -2.33. The van der Waals surface area contributed by atoms with Gasteiger partial charge in [-0.2, -0.15) is 10.2 Å². The van der Waals surface area contributed by atoms with Crippen molar-refractivity contribution < 1.29 is 9.13 Å². The molecule has 0 saturated carbocycles. The van der Waals surface area contributed by atoms with Gasteiger partial charge in [-0.1, -0.05) is 0 Å². The summed E-state index contributed by atoms with van der Waals surface area (Å²) in [5, 5.41) is 9.19. The molecule has 0 aromatic carbocycles. The van der Waals surface area contributed by atoms with E-state index in [4.69, 9.17) is 9.84 Å². The van der Waals surface area contributed by atoms with E-state index < -0.39 is 0 Å². The molecule has 0 aliphatic carbocycles. The number of halogens is 2. The summed E-state index contributed by atoms with van der Waals surface area (Å²) in [5.41, 5.74) is 5.06. The van der Waals surface area contributed by atoms with Crippen molar-refractivity contribution in [3.63, 3.8) is 0 Å². The van der Waals surface area contributed by atoms with Gasteiger partial charge in [-0.15, -0.1) is 0 Å². The van der Waals surface area contributed by atoms with Gasteiger partial charge in [0.15, 0.2) is 0 Å². The second-order valence-corrected chi connectivity index (χ2v) is 8.58. The van der Waals surface area contributed by atoms with Gasteiger partial charge < -0.3 is 4.74 Å². The molecule has 28 heavy (non-hydrogen) atoms. The maximum Gasteiger partial charge on any atom is 0.141 e. The molecule has 5 rings (SSSR count). The van der Waals surface area contributed by atoms with Crippen LogP contribution in [0, 0.1) is 9.52 Å². The topological polar surface area (TPSA) is 57.2 Å². The lowest BCUT2D eigenvalue weighted by Crippen LogP contribution is -2.36. The largest absolute Gasteiger partial charge is 0.367 e. The summed E-state index contributed by atoms with van der Waals surface area (Å²) < 4.78 is 24.4. The lowest BCUT2D eigenvalue weighted by atomic mass is 10.0. The van der Waals surface area contributed by atoms with Gasteiger partial charge in [-0.25, -0.2) is 8.91 Å². The quantitative estimate of drug-likeness (QED) is 0.311. The summed E-state index contributed by atoms with van der Waals surface area (Å²) in [4.78, 5) is 4.28. The molecule has 1 aliphatic heterocycles. The zero-order chi connectivity index (χ0) is 19.5. The van der Waals surface area contributed by atoms with E-state index in [9.17, 15) is 4.39 Å². The van der Waals surface area contributed by atoms with Crippen molar-refractivity contribution in [2.75, 3.05) is 0 Å². The normalized spacial score (nSPS) is 15.7. The Morgan fingerprint density at radius 2 is 2.07 bits per heavy atom.